The minimum atomic E-state index is 0.0835. The summed E-state index contributed by atoms with van der Waals surface area (Å²) >= 11 is 1.73. The number of hydrogen-bond donors (Lipinski definition) is 1. The Morgan fingerprint density at radius 1 is 1.22 bits per heavy atom. The molecule has 3 heterocycles. The molecule has 3 nitrogen and oxygen atoms in total. The van der Waals surface area contributed by atoms with Crippen molar-refractivity contribution in [3.63, 3.8) is 0 Å². The van der Waals surface area contributed by atoms with Gasteiger partial charge in [0, 0.05) is 40.9 Å². The van der Waals surface area contributed by atoms with Gasteiger partial charge in [0.1, 0.15) is 0 Å². The molecule has 1 saturated heterocycles. The van der Waals surface area contributed by atoms with Crippen molar-refractivity contribution in [2.24, 2.45) is 0 Å². The van der Waals surface area contributed by atoms with E-state index in [0.29, 0.717) is 0 Å². The van der Waals surface area contributed by atoms with Gasteiger partial charge in [-0.2, -0.15) is 0 Å². The van der Waals surface area contributed by atoms with E-state index in [-0.39, 0.29) is 11.0 Å². The van der Waals surface area contributed by atoms with Crippen LogP contribution < -0.4 is 5.32 Å². The van der Waals surface area contributed by atoms with E-state index in [1.807, 2.05) is 18.3 Å². The number of hydrogen-bond acceptors (Lipinski definition) is 4. The lowest BCUT2D eigenvalue weighted by Crippen LogP contribution is -2.47. The van der Waals surface area contributed by atoms with Crippen molar-refractivity contribution >= 4 is 11.3 Å². The third kappa shape index (κ3) is 3.96. The van der Waals surface area contributed by atoms with Gasteiger partial charge in [-0.3, -0.25) is 4.98 Å². The first-order chi connectivity index (χ1) is 13.3. The minimum Gasteiger partial charge on any atom is -0.375 e. The van der Waals surface area contributed by atoms with E-state index in [1.165, 1.54) is 36.3 Å². The van der Waals surface area contributed by atoms with Gasteiger partial charge in [0.25, 0.3) is 0 Å². The number of nitrogens with one attached hydrogen (secondary N) is 1. The largest absolute Gasteiger partial charge is 0.375 e. The summed E-state index contributed by atoms with van der Waals surface area (Å²) < 4.78 is 6.33. The lowest BCUT2D eigenvalue weighted by atomic mass is 9.68. The van der Waals surface area contributed by atoms with E-state index in [0.717, 1.165) is 44.5 Å². The van der Waals surface area contributed by atoms with E-state index < -0.39 is 0 Å². The Morgan fingerprint density at radius 3 is 2.89 bits per heavy atom. The zero-order valence-electron chi connectivity index (χ0n) is 15.9. The molecule has 1 spiro atoms. The average Bonchev–Trinajstić information content (AvgIpc) is 3.35. The average molecular weight is 381 g/mol. The van der Waals surface area contributed by atoms with E-state index in [9.17, 15) is 0 Å². The molecular formula is C23H28N2OS. The van der Waals surface area contributed by atoms with Crippen molar-refractivity contribution in [1.82, 2.24) is 10.3 Å². The zero-order valence-corrected chi connectivity index (χ0v) is 16.7. The highest BCUT2D eigenvalue weighted by atomic mass is 32.1. The van der Waals surface area contributed by atoms with Crippen LogP contribution in [0.25, 0.3) is 0 Å². The van der Waals surface area contributed by atoms with E-state index in [1.54, 1.807) is 11.3 Å². The standard InChI is InChI=1S/C23H28N2OS/c1-2-19-8-16-27-20(19)17-24-14-11-22(21-7-3-6-13-25-21)12-15-26-23(18-22)9-4-5-10-23/h1,3,6-8,13,16,24H,4-5,9-12,14-15,17-18H2/t22-/m1/s1. The smallest absolute Gasteiger partial charge is 0.0691 e. The van der Waals surface area contributed by atoms with Crippen molar-refractivity contribution < 1.29 is 4.74 Å². The van der Waals surface area contributed by atoms with Gasteiger partial charge in [0.05, 0.1) is 5.60 Å². The molecule has 2 aromatic rings. The summed E-state index contributed by atoms with van der Waals surface area (Å²) in [6.07, 6.45) is 15.8. The normalized spacial score (nSPS) is 24.1. The van der Waals surface area contributed by atoms with Crippen LogP contribution in [0.15, 0.2) is 35.8 Å². The maximum Gasteiger partial charge on any atom is 0.0691 e. The van der Waals surface area contributed by atoms with Crippen molar-refractivity contribution in [1.29, 1.82) is 0 Å². The zero-order chi connectivity index (χ0) is 18.6. The third-order valence-electron chi connectivity index (χ3n) is 6.34. The molecule has 1 aliphatic heterocycles. The summed E-state index contributed by atoms with van der Waals surface area (Å²) in [5.74, 6) is 2.78. The quantitative estimate of drug-likeness (QED) is 0.584. The summed E-state index contributed by atoms with van der Waals surface area (Å²) in [6, 6.07) is 8.38. The van der Waals surface area contributed by atoms with Crippen LogP contribution in [0.2, 0.25) is 0 Å². The van der Waals surface area contributed by atoms with Crippen molar-refractivity contribution in [2.75, 3.05) is 13.2 Å². The van der Waals surface area contributed by atoms with Crippen molar-refractivity contribution in [2.45, 2.75) is 62.5 Å². The lowest BCUT2D eigenvalue weighted by molar-refractivity contribution is -0.104. The van der Waals surface area contributed by atoms with Crippen molar-refractivity contribution in [3.05, 3.63) is 52.0 Å². The Labute approximate surface area is 166 Å². The molecule has 27 heavy (non-hydrogen) atoms. The number of pyridine rings is 1. The predicted molar refractivity (Wildman–Crippen MR) is 111 cm³/mol. The number of nitrogens with zero attached hydrogens (tertiary/aromatic N) is 1. The second-order valence-corrected chi connectivity index (χ2v) is 8.99. The number of aromatic nitrogens is 1. The first-order valence-electron chi connectivity index (χ1n) is 10.0. The summed E-state index contributed by atoms with van der Waals surface area (Å²) in [4.78, 5) is 6.03. The van der Waals surface area contributed by atoms with Crippen LogP contribution in [0.4, 0.5) is 0 Å². The van der Waals surface area contributed by atoms with Gasteiger partial charge in [-0.05, 0) is 62.2 Å². The SMILES string of the molecule is C#Cc1ccsc1CNCC[C@@]1(c2ccccn2)CCOC2(CCCC2)C1. The van der Waals surface area contributed by atoms with E-state index in [2.05, 4.69) is 28.8 Å². The van der Waals surface area contributed by atoms with Gasteiger partial charge in [-0.1, -0.05) is 24.8 Å². The Kier molecular flexibility index (Phi) is 5.63. The monoisotopic (exact) mass is 380 g/mol. The molecule has 2 aromatic heterocycles. The van der Waals surface area contributed by atoms with Crippen molar-refractivity contribution in [3.8, 4) is 12.3 Å². The minimum absolute atomic E-state index is 0.0835. The first-order valence-corrected chi connectivity index (χ1v) is 10.9. The van der Waals surface area contributed by atoms with Gasteiger partial charge in [0.15, 0.2) is 0 Å². The highest BCUT2D eigenvalue weighted by Gasteiger charge is 2.48. The molecule has 0 aromatic carbocycles. The number of terminal acetylenes is 1. The highest BCUT2D eigenvalue weighted by Crippen LogP contribution is 2.49. The molecule has 142 valence electrons. The first kappa shape index (κ1) is 18.7. The van der Waals surface area contributed by atoms with E-state index >= 15 is 0 Å². The summed E-state index contributed by atoms with van der Waals surface area (Å²) in [6.45, 7) is 2.66. The van der Waals surface area contributed by atoms with Crippen LogP contribution in [-0.2, 0) is 16.7 Å². The topological polar surface area (TPSA) is 34.2 Å². The molecule has 0 bridgehead atoms. The van der Waals surface area contributed by atoms with Crippen LogP contribution in [-0.4, -0.2) is 23.7 Å². The fourth-order valence-corrected chi connectivity index (χ4v) is 5.74. The molecule has 4 rings (SSSR count). The van der Waals surface area contributed by atoms with Gasteiger partial charge in [-0.15, -0.1) is 17.8 Å². The van der Waals surface area contributed by atoms with Crippen LogP contribution in [0.1, 0.15) is 61.1 Å². The molecule has 0 radical (unpaired) electrons. The molecule has 0 amide bonds. The summed E-state index contributed by atoms with van der Waals surface area (Å²) in [7, 11) is 0. The van der Waals surface area contributed by atoms with E-state index in [4.69, 9.17) is 16.1 Å². The molecule has 1 N–H and O–H groups in total. The summed E-state index contributed by atoms with van der Waals surface area (Å²) in [5.41, 5.74) is 2.45. The Balaban J connectivity index is 1.47. The number of thiophene rings is 1. The van der Waals surface area contributed by atoms with Crippen LogP contribution in [0.5, 0.6) is 0 Å². The van der Waals surface area contributed by atoms with Crippen LogP contribution >= 0.6 is 11.3 Å². The Morgan fingerprint density at radius 2 is 2.11 bits per heavy atom. The van der Waals surface area contributed by atoms with Gasteiger partial charge in [0.2, 0.25) is 0 Å². The molecule has 2 fully saturated rings. The second-order valence-electron chi connectivity index (χ2n) is 7.99. The van der Waals surface area contributed by atoms with Gasteiger partial charge in [-0.25, -0.2) is 0 Å². The molecule has 4 heteroatoms. The maximum atomic E-state index is 6.33. The fraction of sp³-hybridized carbons (Fsp3) is 0.522. The molecule has 2 aliphatic rings. The Bertz CT molecular complexity index is 788. The molecule has 1 atom stereocenters. The summed E-state index contributed by atoms with van der Waals surface area (Å²) in [5, 5.41) is 5.70. The lowest BCUT2D eigenvalue weighted by Gasteiger charge is -2.46. The molecule has 0 unspecified atom stereocenters. The predicted octanol–water partition coefficient (Wildman–Crippen LogP) is 4.67. The molecule has 1 aliphatic carbocycles. The highest BCUT2D eigenvalue weighted by molar-refractivity contribution is 7.10. The van der Waals surface area contributed by atoms with Crippen LogP contribution in [0, 0.1) is 12.3 Å². The third-order valence-corrected chi connectivity index (χ3v) is 7.26. The Hall–Kier alpha value is -1.67. The second kappa shape index (κ2) is 8.14. The number of rotatable bonds is 6. The maximum absolute atomic E-state index is 6.33. The van der Waals surface area contributed by atoms with Gasteiger partial charge >= 0.3 is 0 Å². The number of ether oxygens (including phenoxy) is 1. The molecular weight excluding hydrogens is 352 g/mol. The molecule has 1 saturated carbocycles. The van der Waals surface area contributed by atoms with Gasteiger partial charge < -0.3 is 10.1 Å². The van der Waals surface area contributed by atoms with Crippen LogP contribution in [0.3, 0.4) is 0 Å². The fourth-order valence-electron chi connectivity index (χ4n) is 4.93.